The zero-order valence-electron chi connectivity index (χ0n) is 10.1. The van der Waals surface area contributed by atoms with Crippen LogP contribution in [0, 0.1) is 20.8 Å². The number of hydrogen-bond acceptors (Lipinski definition) is 3. The molecule has 0 saturated carbocycles. The molecule has 0 saturated heterocycles. The van der Waals surface area contributed by atoms with E-state index in [1.807, 2.05) is 39.0 Å². The molecule has 0 aliphatic rings. The highest BCUT2D eigenvalue weighted by atomic mass is 32.1. The second-order valence-corrected chi connectivity index (χ2v) is 5.20. The summed E-state index contributed by atoms with van der Waals surface area (Å²) in [6, 6.07) is 5.96. The number of nitrogens with zero attached hydrogens (tertiary/aromatic N) is 1. The number of carbonyl (C=O) groups excluding carboxylic acids is 1. The van der Waals surface area contributed by atoms with Crippen LogP contribution in [0.2, 0.25) is 0 Å². The third-order valence-electron chi connectivity index (χ3n) is 2.56. The maximum atomic E-state index is 12.0. The Hall–Kier alpha value is -1.68. The van der Waals surface area contributed by atoms with E-state index >= 15 is 0 Å². The van der Waals surface area contributed by atoms with E-state index in [1.165, 1.54) is 11.3 Å². The van der Waals surface area contributed by atoms with Gasteiger partial charge in [0.05, 0.1) is 11.2 Å². The van der Waals surface area contributed by atoms with Gasteiger partial charge in [-0.3, -0.25) is 4.79 Å². The zero-order valence-corrected chi connectivity index (χ0v) is 10.9. The summed E-state index contributed by atoms with van der Waals surface area (Å²) in [4.78, 5) is 16.7. The average Bonchev–Trinajstić information content (AvgIpc) is 2.70. The molecule has 0 spiro atoms. The number of aromatic nitrogens is 1. The summed E-state index contributed by atoms with van der Waals surface area (Å²) in [6.45, 7) is 5.86. The molecule has 1 aromatic heterocycles. The number of nitrogens with one attached hydrogen (secondary N) is 1. The molecule has 0 bridgehead atoms. The summed E-state index contributed by atoms with van der Waals surface area (Å²) in [7, 11) is 0. The van der Waals surface area contributed by atoms with Crippen LogP contribution in [0.4, 0.5) is 5.69 Å². The molecule has 0 radical (unpaired) electrons. The SMILES string of the molecule is Cc1ncc(C(=O)Nc2c(C)cccc2C)s1. The van der Waals surface area contributed by atoms with Crippen molar-refractivity contribution in [2.75, 3.05) is 5.32 Å². The van der Waals surface area contributed by atoms with Gasteiger partial charge in [0.1, 0.15) is 4.88 Å². The van der Waals surface area contributed by atoms with E-state index in [-0.39, 0.29) is 5.91 Å². The first-order valence-corrected chi connectivity index (χ1v) is 6.19. The Morgan fingerprint density at radius 2 is 1.88 bits per heavy atom. The van der Waals surface area contributed by atoms with Crippen LogP contribution in [0.5, 0.6) is 0 Å². The van der Waals surface area contributed by atoms with E-state index in [0.717, 1.165) is 21.8 Å². The third-order valence-corrected chi connectivity index (χ3v) is 3.48. The summed E-state index contributed by atoms with van der Waals surface area (Å²) in [5, 5.41) is 3.84. The van der Waals surface area contributed by atoms with Gasteiger partial charge >= 0.3 is 0 Å². The zero-order chi connectivity index (χ0) is 12.4. The van der Waals surface area contributed by atoms with Crippen molar-refractivity contribution in [3.05, 3.63) is 45.4 Å². The first kappa shape index (κ1) is 11.8. The van der Waals surface area contributed by atoms with Gasteiger partial charge < -0.3 is 5.32 Å². The molecule has 3 nitrogen and oxygen atoms in total. The lowest BCUT2D eigenvalue weighted by Crippen LogP contribution is -2.12. The van der Waals surface area contributed by atoms with Gasteiger partial charge in [-0.25, -0.2) is 4.98 Å². The smallest absolute Gasteiger partial charge is 0.267 e. The minimum Gasteiger partial charge on any atom is -0.321 e. The Bertz CT molecular complexity index is 540. The number of hydrogen-bond donors (Lipinski definition) is 1. The van der Waals surface area contributed by atoms with Crippen molar-refractivity contribution in [1.82, 2.24) is 4.98 Å². The predicted molar refractivity (Wildman–Crippen MR) is 70.7 cm³/mol. The third kappa shape index (κ3) is 2.53. The van der Waals surface area contributed by atoms with Crippen molar-refractivity contribution >= 4 is 22.9 Å². The van der Waals surface area contributed by atoms with Crippen molar-refractivity contribution in [3.63, 3.8) is 0 Å². The summed E-state index contributed by atoms with van der Waals surface area (Å²) >= 11 is 1.40. The average molecular weight is 246 g/mol. The van der Waals surface area contributed by atoms with Crippen molar-refractivity contribution < 1.29 is 4.79 Å². The molecule has 0 aliphatic heterocycles. The van der Waals surface area contributed by atoms with Gasteiger partial charge in [0.15, 0.2) is 0 Å². The van der Waals surface area contributed by atoms with E-state index in [1.54, 1.807) is 6.20 Å². The van der Waals surface area contributed by atoms with Crippen LogP contribution < -0.4 is 5.32 Å². The minimum absolute atomic E-state index is 0.0898. The van der Waals surface area contributed by atoms with E-state index in [2.05, 4.69) is 10.3 Å². The molecule has 17 heavy (non-hydrogen) atoms. The molecule has 2 aromatic rings. The van der Waals surface area contributed by atoms with Crippen molar-refractivity contribution in [2.45, 2.75) is 20.8 Å². The maximum absolute atomic E-state index is 12.0. The van der Waals surface area contributed by atoms with Crippen molar-refractivity contribution in [1.29, 1.82) is 0 Å². The normalized spacial score (nSPS) is 10.3. The van der Waals surface area contributed by atoms with Crippen LogP contribution in [0.25, 0.3) is 0 Å². The van der Waals surface area contributed by atoms with E-state index in [0.29, 0.717) is 4.88 Å². The fraction of sp³-hybridized carbons (Fsp3) is 0.231. The molecule has 0 fully saturated rings. The van der Waals surface area contributed by atoms with Gasteiger partial charge in [0.25, 0.3) is 5.91 Å². The predicted octanol–water partition coefficient (Wildman–Crippen LogP) is 3.32. The molecule has 88 valence electrons. The molecule has 1 aromatic carbocycles. The summed E-state index contributed by atoms with van der Waals surface area (Å²) in [5.74, 6) is -0.0898. The lowest BCUT2D eigenvalue weighted by Gasteiger charge is -2.10. The fourth-order valence-corrected chi connectivity index (χ4v) is 2.33. The number of carbonyl (C=O) groups is 1. The number of benzene rings is 1. The molecule has 0 aliphatic carbocycles. The van der Waals surface area contributed by atoms with E-state index < -0.39 is 0 Å². The number of anilines is 1. The molecular weight excluding hydrogens is 232 g/mol. The molecule has 1 N–H and O–H groups in total. The molecule has 1 amide bonds. The van der Waals surface area contributed by atoms with Gasteiger partial charge in [-0.2, -0.15) is 0 Å². The van der Waals surface area contributed by atoms with Crippen LogP contribution in [-0.2, 0) is 0 Å². The van der Waals surface area contributed by atoms with Gasteiger partial charge in [-0.15, -0.1) is 11.3 Å². The first-order valence-electron chi connectivity index (χ1n) is 5.38. The van der Waals surface area contributed by atoms with Gasteiger partial charge in [0, 0.05) is 5.69 Å². The standard InChI is InChI=1S/C13H14N2OS/c1-8-5-4-6-9(2)12(8)15-13(16)11-7-14-10(3)17-11/h4-7H,1-3H3,(H,15,16). The van der Waals surface area contributed by atoms with Crippen LogP contribution in [-0.4, -0.2) is 10.9 Å². The lowest BCUT2D eigenvalue weighted by atomic mass is 10.1. The van der Waals surface area contributed by atoms with E-state index in [4.69, 9.17) is 0 Å². The van der Waals surface area contributed by atoms with Gasteiger partial charge in [-0.1, -0.05) is 18.2 Å². The molecular formula is C13H14N2OS. The fourth-order valence-electron chi connectivity index (χ4n) is 1.65. The minimum atomic E-state index is -0.0898. The molecule has 2 rings (SSSR count). The number of aryl methyl sites for hydroxylation is 3. The number of thiazole rings is 1. The highest BCUT2D eigenvalue weighted by molar-refractivity contribution is 7.13. The molecule has 0 unspecified atom stereocenters. The van der Waals surface area contributed by atoms with Gasteiger partial charge in [0.2, 0.25) is 0 Å². The Morgan fingerprint density at radius 1 is 1.24 bits per heavy atom. The molecule has 1 heterocycles. The number of para-hydroxylation sites is 1. The summed E-state index contributed by atoms with van der Waals surface area (Å²) < 4.78 is 0. The second-order valence-electron chi connectivity index (χ2n) is 3.96. The first-order chi connectivity index (χ1) is 8.08. The Labute approximate surface area is 105 Å². The monoisotopic (exact) mass is 246 g/mol. The Morgan fingerprint density at radius 3 is 2.41 bits per heavy atom. The topological polar surface area (TPSA) is 42.0 Å². The highest BCUT2D eigenvalue weighted by Crippen LogP contribution is 2.21. The van der Waals surface area contributed by atoms with E-state index in [9.17, 15) is 4.79 Å². The van der Waals surface area contributed by atoms with Crippen LogP contribution >= 0.6 is 11.3 Å². The largest absolute Gasteiger partial charge is 0.321 e. The molecule has 4 heteroatoms. The summed E-state index contributed by atoms with van der Waals surface area (Å²) in [6.07, 6.45) is 1.61. The van der Waals surface area contributed by atoms with Crippen molar-refractivity contribution in [3.8, 4) is 0 Å². The number of amides is 1. The Kier molecular flexibility index (Phi) is 3.24. The van der Waals surface area contributed by atoms with Gasteiger partial charge in [-0.05, 0) is 31.9 Å². The number of rotatable bonds is 2. The van der Waals surface area contributed by atoms with Crippen LogP contribution in [0.1, 0.15) is 25.8 Å². The molecule has 0 atom stereocenters. The second kappa shape index (κ2) is 4.67. The van der Waals surface area contributed by atoms with Crippen molar-refractivity contribution in [2.24, 2.45) is 0 Å². The highest BCUT2D eigenvalue weighted by Gasteiger charge is 2.11. The summed E-state index contributed by atoms with van der Waals surface area (Å²) in [5.41, 5.74) is 3.03. The lowest BCUT2D eigenvalue weighted by molar-refractivity contribution is 0.103. The van der Waals surface area contributed by atoms with Crippen LogP contribution in [0.3, 0.4) is 0 Å². The van der Waals surface area contributed by atoms with Crippen LogP contribution in [0.15, 0.2) is 24.4 Å². The maximum Gasteiger partial charge on any atom is 0.267 e. The quantitative estimate of drug-likeness (QED) is 0.883. The Balaban J connectivity index is 2.24.